The summed E-state index contributed by atoms with van der Waals surface area (Å²) >= 11 is 0. The zero-order chi connectivity index (χ0) is 13.0. The highest BCUT2D eigenvalue weighted by atomic mass is 16.5. The third-order valence-corrected chi connectivity index (χ3v) is 3.20. The SMILES string of the molecule is CCOC(=O)c1ccc(N2CCCCC2)cc1O. The highest BCUT2D eigenvalue weighted by Crippen LogP contribution is 2.27. The summed E-state index contributed by atoms with van der Waals surface area (Å²) in [6, 6.07) is 5.16. The van der Waals surface area contributed by atoms with Crippen LogP contribution in [0.15, 0.2) is 18.2 Å². The zero-order valence-electron chi connectivity index (χ0n) is 10.7. The molecule has 1 aromatic carbocycles. The summed E-state index contributed by atoms with van der Waals surface area (Å²) in [5.74, 6) is -0.475. The van der Waals surface area contributed by atoms with Gasteiger partial charge in [-0.15, -0.1) is 0 Å². The lowest BCUT2D eigenvalue weighted by molar-refractivity contribution is 0.0523. The number of esters is 1. The molecule has 0 radical (unpaired) electrons. The second kappa shape index (κ2) is 5.76. The van der Waals surface area contributed by atoms with Crippen LogP contribution >= 0.6 is 0 Å². The molecular weight excluding hydrogens is 230 g/mol. The van der Waals surface area contributed by atoms with Gasteiger partial charge in [-0.25, -0.2) is 4.79 Å². The van der Waals surface area contributed by atoms with Gasteiger partial charge in [0.1, 0.15) is 11.3 Å². The minimum Gasteiger partial charge on any atom is -0.507 e. The summed E-state index contributed by atoms with van der Waals surface area (Å²) in [4.78, 5) is 13.8. The van der Waals surface area contributed by atoms with E-state index in [1.807, 2.05) is 6.07 Å². The molecule has 1 aliphatic heterocycles. The van der Waals surface area contributed by atoms with Crippen molar-refractivity contribution in [1.29, 1.82) is 0 Å². The average Bonchev–Trinajstić information content (AvgIpc) is 2.40. The fraction of sp³-hybridized carbons (Fsp3) is 0.500. The molecule has 1 saturated heterocycles. The highest BCUT2D eigenvalue weighted by molar-refractivity contribution is 5.93. The third-order valence-electron chi connectivity index (χ3n) is 3.20. The number of anilines is 1. The molecule has 4 nitrogen and oxygen atoms in total. The van der Waals surface area contributed by atoms with Crippen LogP contribution in [0.1, 0.15) is 36.5 Å². The van der Waals surface area contributed by atoms with E-state index in [2.05, 4.69) is 4.90 Å². The van der Waals surface area contributed by atoms with Crippen LogP contribution in [0, 0.1) is 0 Å². The van der Waals surface area contributed by atoms with E-state index in [9.17, 15) is 9.90 Å². The Hall–Kier alpha value is -1.71. The van der Waals surface area contributed by atoms with Gasteiger partial charge in [0, 0.05) is 24.8 Å². The van der Waals surface area contributed by atoms with Crippen LogP contribution < -0.4 is 4.90 Å². The van der Waals surface area contributed by atoms with E-state index in [1.165, 1.54) is 19.3 Å². The molecule has 1 aromatic rings. The van der Waals surface area contributed by atoms with Crippen LogP contribution in [-0.2, 0) is 4.74 Å². The first-order valence-corrected chi connectivity index (χ1v) is 6.47. The molecule has 2 rings (SSSR count). The van der Waals surface area contributed by atoms with Crippen LogP contribution in [0.3, 0.4) is 0 Å². The molecule has 1 heterocycles. The zero-order valence-corrected chi connectivity index (χ0v) is 10.7. The second-order valence-electron chi connectivity index (χ2n) is 4.47. The molecule has 1 aliphatic rings. The van der Waals surface area contributed by atoms with Crippen LogP contribution in [0.4, 0.5) is 5.69 Å². The Morgan fingerprint density at radius 1 is 1.33 bits per heavy atom. The number of hydrogen-bond donors (Lipinski definition) is 1. The summed E-state index contributed by atoms with van der Waals surface area (Å²) in [5.41, 5.74) is 1.21. The molecule has 0 aromatic heterocycles. The van der Waals surface area contributed by atoms with Gasteiger partial charge in [0.05, 0.1) is 6.61 Å². The number of phenols is 1. The second-order valence-corrected chi connectivity index (χ2v) is 4.47. The maximum atomic E-state index is 11.6. The van der Waals surface area contributed by atoms with Gasteiger partial charge in [-0.2, -0.15) is 0 Å². The van der Waals surface area contributed by atoms with E-state index >= 15 is 0 Å². The lowest BCUT2D eigenvalue weighted by Gasteiger charge is -2.29. The van der Waals surface area contributed by atoms with Gasteiger partial charge in [-0.05, 0) is 38.3 Å². The van der Waals surface area contributed by atoms with Crippen LogP contribution in [0.2, 0.25) is 0 Å². The fourth-order valence-electron chi connectivity index (χ4n) is 2.25. The minimum atomic E-state index is -0.472. The Bertz CT molecular complexity index is 425. The number of hydrogen-bond acceptors (Lipinski definition) is 4. The standard InChI is InChI=1S/C14H19NO3/c1-2-18-14(17)12-7-6-11(10-13(12)16)15-8-4-3-5-9-15/h6-7,10,16H,2-5,8-9H2,1H3. The number of phenolic OH excluding ortho intramolecular Hbond substituents is 1. The van der Waals surface area contributed by atoms with Crippen molar-refractivity contribution in [3.8, 4) is 5.75 Å². The molecule has 0 spiro atoms. The molecule has 1 N–H and O–H groups in total. The van der Waals surface area contributed by atoms with Crippen molar-refractivity contribution in [3.63, 3.8) is 0 Å². The van der Waals surface area contributed by atoms with E-state index in [1.54, 1.807) is 19.1 Å². The van der Waals surface area contributed by atoms with Gasteiger partial charge < -0.3 is 14.7 Å². The number of piperidine rings is 1. The predicted molar refractivity (Wildman–Crippen MR) is 70.1 cm³/mol. The maximum absolute atomic E-state index is 11.6. The smallest absolute Gasteiger partial charge is 0.341 e. The Morgan fingerprint density at radius 3 is 2.67 bits per heavy atom. The molecular formula is C14H19NO3. The number of aromatic hydroxyl groups is 1. The Balaban J connectivity index is 2.16. The molecule has 0 amide bonds. The van der Waals surface area contributed by atoms with Gasteiger partial charge in [0.2, 0.25) is 0 Å². The lowest BCUT2D eigenvalue weighted by Crippen LogP contribution is -2.29. The van der Waals surface area contributed by atoms with Crippen molar-refractivity contribution < 1.29 is 14.6 Å². The first-order chi connectivity index (χ1) is 8.72. The van der Waals surface area contributed by atoms with E-state index in [0.717, 1.165) is 18.8 Å². The Labute approximate surface area is 107 Å². The van der Waals surface area contributed by atoms with Gasteiger partial charge in [-0.3, -0.25) is 0 Å². The van der Waals surface area contributed by atoms with E-state index < -0.39 is 5.97 Å². The quantitative estimate of drug-likeness (QED) is 0.836. The van der Waals surface area contributed by atoms with Crippen LogP contribution in [0.25, 0.3) is 0 Å². The largest absolute Gasteiger partial charge is 0.507 e. The Kier molecular flexibility index (Phi) is 4.07. The summed E-state index contributed by atoms with van der Waals surface area (Å²) in [6.07, 6.45) is 3.63. The minimum absolute atomic E-state index is 0.00322. The van der Waals surface area contributed by atoms with E-state index in [-0.39, 0.29) is 11.3 Å². The van der Waals surface area contributed by atoms with Crippen molar-refractivity contribution in [2.24, 2.45) is 0 Å². The summed E-state index contributed by atoms with van der Waals surface area (Å²) in [5, 5.41) is 9.89. The van der Waals surface area contributed by atoms with Gasteiger partial charge >= 0.3 is 5.97 Å². The molecule has 18 heavy (non-hydrogen) atoms. The molecule has 4 heteroatoms. The number of benzene rings is 1. The van der Waals surface area contributed by atoms with Crippen LogP contribution in [0.5, 0.6) is 5.75 Å². The van der Waals surface area contributed by atoms with Gasteiger partial charge in [0.15, 0.2) is 0 Å². The number of carbonyl (C=O) groups is 1. The topological polar surface area (TPSA) is 49.8 Å². The number of carbonyl (C=O) groups excluding carboxylic acids is 1. The normalized spacial score (nSPS) is 15.5. The summed E-state index contributed by atoms with van der Waals surface area (Å²) in [7, 11) is 0. The first-order valence-electron chi connectivity index (χ1n) is 6.47. The molecule has 0 unspecified atom stereocenters. The van der Waals surface area contributed by atoms with Crippen molar-refractivity contribution in [2.45, 2.75) is 26.2 Å². The number of ether oxygens (including phenoxy) is 1. The van der Waals surface area contributed by atoms with Gasteiger partial charge in [-0.1, -0.05) is 0 Å². The Morgan fingerprint density at radius 2 is 2.06 bits per heavy atom. The molecule has 1 fully saturated rings. The summed E-state index contributed by atoms with van der Waals surface area (Å²) in [6.45, 7) is 4.08. The van der Waals surface area contributed by atoms with Crippen molar-refractivity contribution >= 4 is 11.7 Å². The lowest BCUT2D eigenvalue weighted by atomic mass is 10.1. The van der Waals surface area contributed by atoms with Crippen molar-refractivity contribution in [2.75, 3.05) is 24.6 Å². The fourth-order valence-corrected chi connectivity index (χ4v) is 2.25. The highest BCUT2D eigenvalue weighted by Gasteiger charge is 2.16. The monoisotopic (exact) mass is 249 g/mol. The van der Waals surface area contributed by atoms with Gasteiger partial charge in [0.25, 0.3) is 0 Å². The average molecular weight is 249 g/mol. The maximum Gasteiger partial charge on any atom is 0.341 e. The molecule has 0 bridgehead atoms. The number of nitrogens with zero attached hydrogens (tertiary/aromatic N) is 1. The molecule has 0 aliphatic carbocycles. The molecule has 0 atom stereocenters. The van der Waals surface area contributed by atoms with Crippen molar-refractivity contribution in [1.82, 2.24) is 0 Å². The number of rotatable bonds is 3. The van der Waals surface area contributed by atoms with Crippen molar-refractivity contribution in [3.05, 3.63) is 23.8 Å². The molecule has 0 saturated carbocycles. The third kappa shape index (κ3) is 2.75. The summed E-state index contributed by atoms with van der Waals surface area (Å²) < 4.78 is 4.88. The first kappa shape index (κ1) is 12.7. The van der Waals surface area contributed by atoms with E-state index in [0.29, 0.717) is 6.61 Å². The predicted octanol–water partition coefficient (Wildman–Crippen LogP) is 2.56. The molecule has 98 valence electrons. The van der Waals surface area contributed by atoms with E-state index in [4.69, 9.17) is 4.74 Å². The van der Waals surface area contributed by atoms with Crippen LogP contribution in [-0.4, -0.2) is 30.8 Å².